The van der Waals surface area contributed by atoms with Gasteiger partial charge in [0, 0.05) is 9.35 Å². The molecule has 1 saturated carbocycles. The Labute approximate surface area is 100.0 Å². The third-order valence-corrected chi connectivity index (χ3v) is 5.81. The maximum atomic E-state index is 3.77. The van der Waals surface area contributed by atoms with Gasteiger partial charge in [0.2, 0.25) is 0 Å². The van der Waals surface area contributed by atoms with E-state index in [9.17, 15) is 0 Å². The summed E-state index contributed by atoms with van der Waals surface area (Å²) in [5, 5.41) is 2.15. The zero-order chi connectivity index (χ0) is 9.26. The fourth-order valence-corrected chi connectivity index (χ4v) is 4.70. The van der Waals surface area contributed by atoms with Gasteiger partial charge < -0.3 is 0 Å². The van der Waals surface area contributed by atoms with Gasteiger partial charge in [-0.3, -0.25) is 0 Å². The Balaban J connectivity index is 1.96. The van der Waals surface area contributed by atoms with Gasteiger partial charge in [0.15, 0.2) is 0 Å². The fraction of sp³-hybridized carbons (Fsp3) is 0.600. The lowest BCUT2D eigenvalue weighted by Crippen LogP contribution is -2.12. The largest absolute Gasteiger partial charge is 0.147 e. The molecule has 2 rings (SSSR count). The molecule has 1 aliphatic rings. The van der Waals surface area contributed by atoms with Gasteiger partial charge >= 0.3 is 0 Å². The molecule has 0 bridgehead atoms. The molecular formula is C10H12Br2S. The van der Waals surface area contributed by atoms with Crippen LogP contribution in [-0.2, 0) is 0 Å². The minimum absolute atomic E-state index is 0.562. The van der Waals surface area contributed by atoms with Crippen molar-refractivity contribution in [3.63, 3.8) is 0 Å². The Morgan fingerprint density at radius 1 is 1.54 bits per heavy atom. The molecule has 3 heteroatoms. The summed E-state index contributed by atoms with van der Waals surface area (Å²) in [6, 6.07) is 2.13. The van der Waals surface area contributed by atoms with E-state index < -0.39 is 0 Å². The lowest BCUT2D eigenvalue weighted by atomic mass is 9.82. The Morgan fingerprint density at radius 3 is 2.77 bits per heavy atom. The SMILES string of the molecule is Brc1ccsc1C(Br)CC1CCC1. The van der Waals surface area contributed by atoms with Crippen molar-refractivity contribution in [1.82, 2.24) is 0 Å². The smallest absolute Gasteiger partial charge is 0.0503 e. The highest BCUT2D eigenvalue weighted by molar-refractivity contribution is 9.11. The Bertz CT molecular complexity index is 278. The highest BCUT2D eigenvalue weighted by Gasteiger charge is 2.23. The van der Waals surface area contributed by atoms with Gasteiger partial charge in [-0.25, -0.2) is 0 Å². The summed E-state index contributed by atoms with van der Waals surface area (Å²) >= 11 is 9.19. The number of thiophene rings is 1. The first kappa shape index (κ1) is 10.2. The van der Waals surface area contributed by atoms with Crippen LogP contribution in [0.25, 0.3) is 0 Å². The van der Waals surface area contributed by atoms with Crippen LogP contribution in [0.5, 0.6) is 0 Å². The molecule has 0 saturated heterocycles. The average Bonchev–Trinajstić information content (AvgIpc) is 2.43. The molecule has 1 atom stereocenters. The van der Waals surface area contributed by atoms with E-state index in [1.54, 1.807) is 0 Å². The molecule has 0 aliphatic heterocycles. The van der Waals surface area contributed by atoms with E-state index in [0.717, 1.165) is 5.92 Å². The van der Waals surface area contributed by atoms with Crippen molar-refractivity contribution >= 4 is 43.2 Å². The van der Waals surface area contributed by atoms with E-state index in [1.165, 1.54) is 35.0 Å². The van der Waals surface area contributed by atoms with Crippen molar-refractivity contribution in [3.8, 4) is 0 Å². The first-order valence-electron chi connectivity index (χ1n) is 4.64. The maximum absolute atomic E-state index is 3.77. The number of hydrogen-bond acceptors (Lipinski definition) is 1. The lowest BCUT2D eigenvalue weighted by molar-refractivity contribution is 0.296. The molecule has 0 radical (unpaired) electrons. The molecule has 1 fully saturated rings. The first-order chi connectivity index (χ1) is 6.27. The molecule has 1 unspecified atom stereocenters. The summed E-state index contributed by atoms with van der Waals surface area (Å²) in [4.78, 5) is 2.01. The fourth-order valence-electron chi connectivity index (χ4n) is 1.66. The van der Waals surface area contributed by atoms with E-state index in [0.29, 0.717) is 4.83 Å². The Hall–Kier alpha value is 0.660. The lowest BCUT2D eigenvalue weighted by Gasteiger charge is -2.27. The summed E-state index contributed by atoms with van der Waals surface area (Å²) in [7, 11) is 0. The molecule has 1 aromatic heterocycles. The normalized spacial score (nSPS) is 19.8. The quantitative estimate of drug-likeness (QED) is 0.676. The molecule has 1 aromatic rings. The van der Waals surface area contributed by atoms with Gasteiger partial charge in [0.1, 0.15) is 0 Å². The van der Waals surface area contributed by atoms with Crippen molar-refractivity contribution in [2.24, 2.45) is 5.92 Å². The van der Waals surface area contributed by atoms with Crippen molar-refractivity contribution in [2.45, 2.75) is 30.5 Å². The van der Waals surface area contributed by atoms with E-state index in [1.807, 2.05) is 11.3 Å². The second kappa shape index (κ2) is 4.45. The number of rotatable bonds is 3. The zero-order valence-electron chi connectivity index (χ0n) is 7.30. The second-order valence-corrected chi connectivity index (χ2v) is 6.54. The highest BCUT2D eigenvalue weighted by Crippen LogP contribution is 2.42. The molecule has 1 aliphatic carbocycles. The van der Waals surface area contributed by atoms with Crippen LogP contribution in [0.15, 0.2) is 15.9 Å². The van der Waals surface area contributed by atoms with Gasteiger partial charge in [0.05, 0.1) is 4.83 Å². The summed E-state index contributed by atoms with van der Waals surface area (Å²) in [6.45, 7) is 0. The predicted molar refractivity (Wildman–Crippen MR) is 65.6 cm³/mol. The minimum atomic E-state index is 0.562. The molecule has 0 N–H and O–H groups in total. The predicted octanol–water partition coefficient (Wildman–Crippen LogP) is 5.14. The molecule has 0 nitrogen and oxygen atoms in total. The van der Waals surface area contributed by atoms with Crippen LogP contribution < -0.4 is 0 Å². The Kier molecular flexibility index (Phi) is 3.49. The van der Waals surface area contributed by atoms with Crippen molar-refractivity contribution in [1.29, 1.82) is 0 Å². The van der Waals surface area contributed by atoms with Gasteiger partial charge in [-0.2, -0.15) is 0 Å². The molecular weight excluding hydrogens is 312 g/mol. The van der Waals surface area contributed by atoms with Crippen molar-refractivity contribution < 1.29 is 0 Å². The third-order valence-electron chi connectivity index (χ3n) is 2.69. The first-order valence-corrected chi connectivity index (χ1v) is 7.23. The zero-order valence-corrected chi connectivity index (χ0v) is 11.3. The van der Waals surface area contributed by atoms with E-state index in [4.69, 9.17) is 0 Å². The summed E-state index contributed by atoms with van der Waals surface area (Å²) in [5.41, 5.74) is 0. The second-order valence-electron chi connectivity index (χ2n) is 3.63. The number of alkyl halides is 1. The summed E-state index contributed by atoms with van der Waals surface area (Å²) in [6.07, 6.45) is 5.62. The molecule has 13 heavy (non-hydrogen) atoms. The molecule has 0 aromatic carbocycles. The van der Waals surface area contributed by atoms with Crippen molar-refractivity contribution in [3.05, 3.63) is 20.8 Å². The van der Waals surface area contributed by atoms with Crippen LogP contribution in [0.4, 0.5) is 0 Å². The van der Waals surface area contributed by atoms with Gasteiger partial charge in [-0.1, -0.05) is 35.2 Å². The van der Waals surface area contributed by atoms with Gasteiger partial charge in [0.25, 0.3) is 0 Å². The highest BCUT2D eigenvalue weighted by atomic mass is 79.9. The van der Waals surface area contributed by atoms with Crippen LogP contribution in [-0.4, -0.2) is 0 Å². The van der Waals surface area contributed by atoms with E-state index in [-0.39, 0.29) is 0 Å². The van der Waals surface area contributed by atoms with Crippen LogP contribution in [0.1, 0.15) is 35.4 Å². The van der Waals surface area contributed by atoms with E-state index in [2.05, 4.69) is 43.3 Å². The summed E-state index contributed by atoms with van der Waals surface area (Å²) < 4.78 is 1.26. The van der Waals surface area contributed by atoms with Crippen LogP contribution in [0.2, 0.25) is 0 Å². The monoisotopic (exact) mass is 322 g/mol. The number of hydrogen-bond donors (Lipinski definition) is 0. The standard InChI is InChI=1S/C10H12Br2S/c11-8-4-5-13-10(8)9(12)6-7-2-1-3-7/h4-5,7,9H,1-3,6H2. The molecule has 0 amide bonds. The summed E-state index contributed by atoms with van der Waals surface area (Å²) in [5.74, 6) is 0.971. The van der Waals surface area contributed by atoms with Crippen molar-refractivity contribution in [2.75, 3.05) is 0 Å². The van der Waals surface area contributed by atoms with Gasteiger partial charge in [-0.05, 0) is 39.7 Å². The minimum Gasteiger partial charge on any atom is -0.147 e. The average molecular weight is 324 g/mol. The Morgan fingerprint density at radius 2 is 2.31 bits per heavy atom. The topological polar surface area (TPSA) is 0 Å². The third kappa shape index (κ3) is 2.37. The van der Waals surface area contributed by atoms with Crippen LogP contribution >= 0.6 is 43.2 Å². The van der Waals surface area contributed by atoms with Crippen LogP contribution in [0.3, 0.4) is 0 Å². The van der Waals surface area contributed by atoms with Crippen LogP contribution in [0, 0.1) is 5.92 Å². The molecule has 1 heterocycles. The molecule has 0 spiro atoms. The maximum Gasteiger partial charge on any atom is 0.0503 e. The van der Waals surface area contributed by atoms with E-state index >= 15 is 0 Å². The molecule has 72 valence electrons. The number of halogens is 2. The van der Waals surface area contributed by atoms with Gasteiger partial charge in [-0.15, -0.1) is 11.3 Å².